The quantitative estimate of drug-likeness (QED) is 0.163. The molecule has 0 saturated heterocycles. The normalized spacial score (nSPS) is 14.7. The van der Waals surface area contributed by atoms with Gasteiger partial charge in [-0.25, -0.2) is 0 Å². The van der Waals surface area contributed by atoms with Crippen LogP contribution < -0.4 is 24.8 Å². The summed E-state index contributed by atoms with van der Waals surface area (Å²) in [6.45, 7) is 6.75. The van der Waals surface area contributed by atoms with Crippen molar-refractivity contribution in [3.8, 4) is 22.3 Å². The maximum atomic E-state index is 3.38. The number of hydrogen-bond donors (Lipinski definition) is 0. The Morgan fingerprint density at radius 1 is 0.479 bits per heavy atom. The smallest absolute Gasteiger partial charge is 1.00 e. The zero-order valence-electron chi connectivity index (χ0n) is 28.2. The van der Waals surface area contributed by atoms with Gasteiger partial charge in [-0.3, -0.25) is 0 Å². The summed E-state index contributed by atoms with van der Waals surface area (Å²) in [7, 11) is 0. The van der Waals surface area contributed by atoms with Gasteiger partial charge in [-0.15, -0.1) is 69.1 Å². The first-order valence-electron chi connectivity index (χ1n) is 17.3. The summed E-state index contributed by atoms with van der Waals surface area (Å²) < 4.78 is 0. The Kier molecular flexibility index (Phi) is 16.9. The fourth-order valence-corrected chi connectivity index (χ4v) is 7.60. The van der Waals surface area contributed by atoms with Crippen molar-refractivity contribution in [2.45, 2.75) is 82.5 Å². The molecule has 2 aliphatic rings. The van der Waals surface area contributed by atoms with E-state index in [1.54, 1.807) is 11.1 Å². The third-order valence-electron chi connectivity index (χ3n) is 9.87. The number of rotatable bonds is 4. The van der Waals surface area contributed by atoms with Crippen molar-refractivity contribution < 1.29 is 51.0 Å². The summed E-state index contributed by atoms with van der Waals surface area (Å²) in [6, 6.07) is 44.7. The number of fused-ring (bicyclic) bond motifs is 2. The van der Waals surface area contributed by atoms with Crippen LogP contribution in [0.1, 0.15) is 93.6 Å². The molecule has 0 N–H and O–H groups in total. The van der Waals surface area contributed by atoms with E-state index >= 15 is 0 Å². The van der Waals surface area contributed by atoms with Crippen molar-refractivity contribution in [2.75, 3.05) is 0 Å². The molecule has 0 bridgehead atoms. The molecule has 0 amide bonds. The second kappa shape index (κ2) is 20.3. The molecule has 0 heterocycles. The predicted molar refractivity (Wildman–Crippen MR) is 197 cm³/mol. The van der Waals surface area contributed by atoms with Gasteiger partial charge in [-0.2, -0.15) is 12.1 Å². The Hall–Kier alpha value is -2.44. The van der Waals surface area contributed by atoms with Crippen molar-refractivity contribution in [3.05, 3.63) is 146 Å². The van der Waals surface area contributed by atoms with Crippen LogP contribution in [-0.4, -0.2) is 0 Å². The van der Waals surface area contributed by atoms with Crippen LogP contribution in [-0.2, 0) is 26.2 Å². The molecule has 3 heteroatoms. The maximum absolute atomic E-state index is 3.38. The van der Waals surface area contributed by atoms with Gasteiger partial charge < -0.3 is 45.1 Å². The molecule has 0 radical (unpaired) electrons. The first-order valence-corrected chi connectivity index (χ1v) is 17.3. The molecule has 0 nitrogen and oxygen atoms in total. The molecule has 2 fully saturated rings. The molecule has 0 atom stereocenters. The monoisotopic (exact) mass is 748 g/mol. The van der Waals surface area contributed by atoms with Gasteiger partial charge in [0.05, 0.1) is 0 Å². The molecule has 250 valence electrons. The van der Waals surface area contributed by atoms with Crippen molar-refractivity contribution in [1.29, 1.82) is 0 Å². The van der Waals surface area contributed by atoms with E-state index in [2.05, 4.69) is 135 Å². The minimum Gasteiger partial charge on any atom is -1.00 e. The molecular formula is C45H48Cl2Zr-4. The molecule has 2 saturated carbocycles. The summed E-state index contributed by atoms with van der Waals surface area (Å²) >= 11 is 0. The van der Waals surface area contributed by atoms with Gasteiger partial charge in [0.2, 0.25) is 0 Å². The molecule has 0 unspecified atom stereocenters. The van der Waals surface area contributed by atoms with Gasteiger partial charge >= 0.3 is 26.2 Å². The van der Waals surface area contributed by atoms with Gasteiger partial charge in [0, 0.05) is 0 Å². The van der Waals surface area contributed by atoms with Gasteiger partial charge in [0.15, 0.2) is 0 Å². The van der Waals surface area contributed by atoms with Gasteiger partial charge in [-0.05, 0) is 48.6 Å². The molecule has 48 heavy (non-hydrogen) atoms. The van der Waals surface area contributed by atoms with E-state index < -0.39 is 0 Å². The van der Waals surface area contributed by atoms with Crippen molar-refractivity contribution in [3.63, 3.8) is 0 Å². The summed E-state index contributed by atoms with van der Waals surface area (Å²) in [4.78, 5) is 0. The molecule has 6 aromatic carbocycles. The summed E-state index contributed by atoms with van der Waals surface area (Å²) in [5.41, 5.74) is 8.51. The SMILES string of the molecule is [CH2-]C[CH2-].[Cl-].[Cl-].[Zr+2].c1ccc(-c2cccc3[cH-]c(C4CCCCC4)cc23)cc1.c1ccc(-c2cccc3[cH-]c(C4CCCCC4)cc23)cc1. The fourth-order valence-electron chi connectivity index (χ4n) is 7.60. The first kappa shape index (κ1) is 40.0. The third-order valence-corrected chi connectivity index (χ3v) is 9.87. The molecule has 0 spiro atoms. The zero-order chi connectivity index (χ0) is 30.8. The number of halogens is 2. The van der Waals surface area contributed by atoms with Crippen LogP contribution in [0.4, 0.5) is 0 Å². The Balaban J connectivity index is 0.000000228. The van der Waals surface area contributed by atoms with Crippen LogP contribution in [0.15, 0.2) is 121 Å². The Labute approximate surface area is 321 Å². The van der Waals surface area contributed by atoms with Crippen LogP contribution in [0, 0.1) is 13.8 Å². The average Bonchev–Trinajstić information content (AvgIpc) is 3.76. The van der Waals surface area contributed by atoms with Crippen molar-refractivity contribution >= 4 is 21.5 Å². The number of hydrogen-bond acceptors (Lipinski definition) is 0. The van der Waals surface area contributed by atoms with E-state index in [-0.39, 0.29) is 51.0 Å². The van der Waals surface area contributed by atoms with Gasteiger partial charge in [0.25, 0.3) is 0 Å². The summed E-state index contributed by atoms with van der Waals surface area (Å²) in [5.74, 6) is 1.57. The standard InChI is InChI=1S/2C21H21.C3H6.2ClH.Zr/c2*1-3-8-16(9-4-1)19-14-18-12-7-13-20(21(18)15-19)17-10-5-2-6-11-17;1-3-2;;;/h2*2,5-7,10-16H,1,3-4,8-9H2;1-3H2;2*1H;/q2*-1;-2;;;+2/p-2. The van der Waals surface area contributed by atoms with E-state index in [4.69, 9.17) is 0 Å². The average molecular weight is 751 g/mol. The Morgan fingerprint density at radius 3 is 1.19 bits per heavy atom. The van der Waals surface area contributed by atoms with Crippen LogP contribution in [0.2, 0.25) is 0 Å². The van der Waals surface area contributed by atoms with Crippen LogP contribution in [0.5, 0.6) is 0 Å². The van der Waals surface area contributed by atoms with Crippen molar-refractivity contribution in [1.82, 2.24) is 0 Å². The van der Waals surface area contributed by atoms with Gasteiger partial charge in [0.1, 0.15) is 0 Å². The van der Waals surface area contributed by atoms with Crippen LogP contribution in [0.25, 0.3) is 43.8 Å². The second-order valence-corrected chi connectivity index (χ2v) is 12.9. The van der Waals surface area contributed by atoms with E-state index in [9.17, 15) is 0 Å². The van der Waals surface area contributed by atoms with Crippen LogP contribution >= 0.6 is 0 Å². The van der Waals surface area contributed by atoms with Crippen LogP contribution in [0.3, 0.4) is 0 Å². The minimum absolute atomic E-state index is 0. The van der Waals surface area contributed by atoms with E-state index in [1.807, 2.05) is 0 Å². The Morgan fingerprint density at radius 2 is 0.833 bits per heavy atom. The van der Waals surface area contributed by atoms with E-state index in [0.29, 0.717) is 0 Å². The second-order valence-electron chi connectivity index (χ2n) is 12.9. The summed E-state index contributed by atoms with van der Waals surface area (Å²) in [5, 5.41) is 5.64. The molecule has 6 aromatic rings. The van der Waals surface area contributed by atoms with E-state index in [0.717, 1.165) is 18.3 Å². The fraction of sp³-hybridized carbons (Fsp3) is 0.289. The largest absolute Gasteiger partial charge is 2.00 e. The first-order chi connectivity index (χ1) is 22.2. The molecule has 0 aliphatic heterocycles. The zero-order valence-corrected chi connectivity index (χ0v) is 32.1. The minimum atomic E-state index is 0. The third kappa shape index (κ3) is 9.84. The molecule has 8 rings (SSSR count). The Bertz CT molecular complexity index is 1620. The maximum Gasteiger partial charge on any atom is 2.00 e. The van der Waals surface area contributed by atoms with Gasteiger partial charge in [-0.1, -0.05) is 122 Å². The number of benzene rings is 4. The topological polar surface area (TPSA) is 0 Å². The molecular weight excluding hydrogens is 703 g/mol. The predicted octanol–water partition coefficient (Wildman–Crippen LogP) is 7.60. The van der Waals surface area contributed by atoms with Crippen molar-refractivity contribution in [2.24, 2.45) is 0 Å². The molecule has 2 aliphatic carbocycles. The summed E-state index contributed by atoms with van der Waals surface area (Å²) in [6.07, 6.45) is 14.7. The molecule has 0 aromatic heterocycles. The van der Waals surface area contributed by atoms with E-state index in [1.165, 1.54) is 108 Å².